The molecule has 0 spiro atoms. The molecule has 3 aliphatic rings. The van der Waals surface area contributed by atoms with Crippen LogP contribution >= 0.6 is 23.2 Å². The van der Waals surface area contributed by atoms with E-state index in [1.807, 2.05) is 0 Å². The number of halogens is 4. The van der Waals surface area contributed by atoms with Crippen molar-refractivity contribution < 1.29 is 42.1 Å². The van der Waals surface area contributed by atoms with E-state index in [9.17, 15) is 23.2 Å². The fourth-order valence-electron chi connectivity index (χ4n) is 4.95. The van der Waals surface area contributed by atoms with Crippen LogP contribution in [0, 0.1) is 11.8 Å². The number of fused-ring (bicyclic) bond motifs is 1. The Kier molecular flexibility index (Phi) is 9.09. The van der Waals surface area contributed by atoms with Gasteiger partial charge in [0, 0.05) is 18.8 Å². The first-order chi connectivity index (χ1) is 21.7. The average molecular weight is 661 g/mol. The number of carbonyl (C=O) groups excluding carboxylic acids is 3. The fourth-order valence-corrected chi connectivity index (χ4v) is 5.47. The van der Waals surface area contributed by atoms with Crippen LogP contribution in [-0.4, -0.2) is 54.0 Å². The zero-order valence-corrected chi connectivity index (χ0v) is 25.4. The standard InChI is InChI=1S/C32H28Cl2F2N2O7/c33-22-12-37-13-23(34)21(22)11-26(19-8-9-24(45-32(35)36)27(10-19)43-16-18-6-7-18)44-28(39)14-38-30(40)20-2-1-3-25(29(20)31(38)41)42-15-17-4-5-17/h1-3,8-10,12-13,17-18,26,32H,4-7,11,14-16H2/t26-/m0/s1. The van der Waals surface area contributed by atoms with Gasteiger partial charge in [-0.25, -0.2) is 0 Å². The molecule has 2 heterocycles. The third-order valence-corrected chi connectivity index (χ3v) is 8.41. The summed E-state index contributed by atoms with van der Waals surface area (Å²) in [4.78, 5) is 44.7. The number of pyridine rings is 1. The molecule has 0 saturated heterocycles. The average Bonchev–Trinajstić information content (AvgIpc) is 3.94. The number of benzene rings is 2. The summed E-state index contributed by atoms with van der Waals surface area (Å²) in [6, 6.07) is 8.95. The molecule has 0 radical (unpaired) electrons. The van der Waals surface area contributed by atoms with Gasteiger partial charge in [0.15, 0.2) is 11.5 Å². The Morgan fingerprint density at radius 1 is 0.911 bits per heavy atom. The SMILES string of the molecule is O=C(CN1C(=O)c2cccc(OCC3CC3)c2C1=O)O[C@@H](Cc1c(Cl)cncc1Cl)c1ccc(OC(F)F)c(OCC2CC2)c1. The lowest BCUT2D eigenvalue weighted by Gasteiger charge is -2.22. The first-order valence-electron chi connectivity index (χ1n) is 14.5. The molecule has 1 atom stereocenters. The van der Waals surface area contributed by atoms with Crippen molar-refractivity contribution in [2.24, 2.45) is 11.8 Å². The number of ether oxygens (including phenoxy) is 4. The van der Waals surface area contributed by atoms with Gasteiger partial charge in [-0.15, -0.1) is 0 Å². The van der Waals surface area contributed by atoms with E-state index in [2.05, 4.69) is 9.72 Å². The Balaban J connectivity index is 1.24. The lowest BCUT2D eigenvalue weighted by atomic mass is 10.0. The highest BCUT2D eigenvalue weighted by atomic mass is 35.5. The minimum atomic E-state index is -3.08. The van der Waals surface area contributed by atoms with Gasteiger partial charge in [-0.05, 0) is 72.9 Å². The van der Waals surface area contributed by atoms with Gasteiger partial charge < -0.3 is 18.9 Å². The quantitative estimate of drug-likeness (QED) is 0.139. The van der Waals surface area contributed by atoms with Gasteiger partial charge in [0.2, 0.25) is 0 Å². The topological polar surface area (TPSA) is 104 Å². The van der Waals surface area contributed by atoms with Gasteiger partial charge in [0.1, 0.15) is 18.4 Å². The van der Waals surface area contributed by atoms with E-state index in [-0.39, 0.29) is 39.1 Å². The largest absolute Gasteiger partial charge is 0.492 e. The number of hydrogen-bond donors (Lipinski definition) is 0. The summed E-state index contributed by atoms with van der Waals surface area (Å²) in [7, 11) is 0. The highest BCUT2D eigenvalue weighted by molar-refractivity contribution is 6.35. The minimum absolute atomic E-state index is 0.0374. The molecule has 0 unspecified atom stereocenters. The van der Waals surface area contributed by atoms with Gasteiger partial charge in [-0.3, -0.25) is 24.3 Å². The number of aromatic nitrogens is 1. The van der Waals surface area contributed by atoms with E-state index in [1.165, 1.54) is 36.7 Å². The zero-order chi connectivity index (χ0) is 31.7. The number of rotatable bonds is 14. The summed E-state index contributed by atoms with van der Waals surface area (Å²) in [5.74, 6) is -1.31. The Morgan fingerprint density at radius 2 is 1.58 bits per heavy atom. The smallest absolute Gasteiger partial charge is 0.387 e. The molecule has 2 saturated carbocycles. The van der Waals surface area contributed by atoms with Crippen molar-refractivity contribution in [3.63, 3.8) is 0 Å². The van der Waals surface area contributed by atoms with E-state index < -0.39 is 37.0 Å². The monoisotopic (exact) mass is 660 g/mol. The molecular weight excluding hydrogens is 633 g/mol. The van der Waals surface area contributed by atoms with Crippen LogP contribution in [0.25, 0.3) is 0 Å². The van der Waals surface area contributed by atoms with Crippen molar-refractivity contribution in [1.82, 2.24) is 9.88 Å². The summed E-state index contributed by atoms with van der Waals surface area (Å²) < 4.78 is 48.4. The molecule has 236 valence electrons. The van der Waals surface area contributed by atoms with E-state index in [4.69, 9.17) is 37.4 Å². The third-order valence-electron chi connectivity index (χ3n) is 7.76. The van der Waals surface area contributed by atoms with Crippen LogP contribution in [0.2, 0.25) is 10.0 Å². The van der Waals surface area contributed by atoms with E-state index >= 15 is 0 Å². The second-order valence-corrected chi connectivity index (χ2v) is 12.0. The van der Waals surface area contributed by atoms with Crippen LogP contribution in [-0.2, 0) is 16.0 Å². The molecule has 45 heavy (non-hydrogen) atoms. The second-order valence-electron chi connectivity index (χ2n) is 11.2. The summed E-state index contributed by atoms with van der Waals surface area (Å²) in [6.45, 7) is -3.02. The fraction of sp³-hybridized carbons (Fsp3) is 0.375. The van der Waals surface area contributed by atoms with Crippen LogP contribution in [0.5, 0.6) is 17.2 Å². The van der Waals surface area contributed by atoms with Gasteiger partial charge in [-0.1, -0.05) is 35.3 Å². The normalized spacial score (nSPS) is 16.5. The number of carbonyl (C=O) groups is 3. The van der Waals surface area contributed by atoms with Crippen molar-refractivity contribution in [2.75, 3.05) is 19.8 Å². The minimum Gasteiger partial charge on any atom is -0.492 e. The van der Waals surface area contributed by atoms with Crippen molar-refractivity contribution in [3.05, 3.63) is 81.1 Å². The summed E-state index contributed by atoms with van der Waals surface area (Å²) in [6.07, 6.45) is 5.68. The maximum absolute atomic E-state index is 13.4. The van der Waals surface area contributed by atoms with E-state index in [1.54, 1.807) is 12.1 Å². The van der Waals surface area contributed by atoms with Crippen LogP contribution in [0.3, 0.4) is 0 Å². The third kappa shape index (κ3) is 7.31. The molecular formula is C32H28Cl2F2N2O7. The summed E-state index contributed by atoms with van der Waals surface area (Å²) >= 11 is 12.7. The van der Waals surface area contributed by atoms with E-state index in [0.29, 0.717) is 41.9 Å². The summed E-state index contributed by atoms with van der Waals surface area (Å²) in [5, 5.41) is 0.427. The van der Waals surface area contributed by atoms with Crippen LogP contribution in [0.15, 0.2) is 48.8 Å². The number of alkyl halides is 2. The molecule has 2 fully saturated rings. The Bertz CT molecular complexity index is 1610. The lowest BCUT2D eigenvalue weighted by Crippen LogP contribution is -2.36. The van der Waals surface area contributed by atoms with Crippen LogP contribution in [0.4, 0.5) is 8.78 Å². The van der Waals surface area contributed by atoms with Crippen LogP contribution < -0.4 is 14.2 Å². The van der Waals surface area contributed by atoms with Crippen LogP contribution in [0.1, 0.15) is 63.6 Å². The molecule has 13 heteroatoms. The van der Waals surface area contributed by atoms with Gasteiger partial charge in [0.25, 0.3) is 11.8 Å². The first kappa shape index (κ1) is 31.0. The lowest BCUT2D eigenvalue weighted by molar-refractivity contribution is -0.149. The van der Waals surface area contributed by atoms with Crippen molar-refractivity contribution >= 4 is 41.0 Å². The molecule has 9 nitrogen and oxygen atoms in total. The zero-order valence-electron chi connectivity index (χ0n) is 23.8. The maximum Gasteiger partial charge on any atom is 0.387 e. The highest BCUT2D eigenvalue weighted by Gasteiger charge is 2.40. The highest BCUT2D eigenvalue weighted by Crippen LogP contribution is 2.39. The predicted octanol–water partition coefficient (Wildman–Crippen LogP) is 6.69. The second kappa shape index (κ2) is 13.2. The molecule has 2 aliphatic carbocycles. The Hall–Kier alpha value is -3.96. The molecule has 0 bridgehead atoms. The van der Waals surface area contributed by atoms with Crippen molar-refractivity contribution in [2.45, 2.75) is 44.8 Å². The Labute approximate surface area is 267 Å². The molecule has 2 amide bonds. The molecule has 1 aliphatic heterocycles. The van der Waals surface area contributed by atoms with Gasteiger partial charge in [-0.2, -0.15) is 8.78 Å². The van der Waals surface area contributed by atoms with Crippen molar-refractivity contribution in [3.8, 4) is 17.2 Å². The summed E-state index contributed by atoms with van der Waals surface area (Å²) in [5.41, 5.74) is 1.02. The van der Waals surface area contributed by atoms with Gasteiger partial charge >= 0.3 is 12.6 Å². The number of esters is 1. The molecule has 3 aromatic rings. The number of imide groups is 1. The molecule has 0 N–H and O–H groups in total. The number of hydrogen-bond acceptors (Lipinski definition) is 8. The van der Waals surface area contributed by atoms with E-state index in [0.717, 1.165) is 30.6 Å². The predicted molar refractivity (Wildman–Crippen MR) is 158 cm³/mol. The first-order valence-corrected chi connectivity index (χ1v) is 15.2. The van der Waals surface area contributed by atoms with Crippen molar-refractivity contribution in [1.29, 1.82) is 0 Å². The number of nitrogens with zero attached hydrogens (tertiary/aromatic N) is 2. The molecule has 1 aromatic heterocycles. The molecule has 2 aromatic carbocycles. The Morgan fingerprint density at radius 3 is 2.22 bits per heavy atom. The molecule has 6 rings (SSSR count). The van der Waals surface area contributed by atoms with Gasteiger partial charge in [0.05, 0.1) is 34.4 Å². The maximum atomic E-state index is 13.4. The number of amides is 2.